The van der Waals surface area contributed by atoms with E-state index >= 15 is 0 Å². The highest BCUT2D eigenvalue weighted by Crippen LogP contribution is 2.24. The van der Waals surface area contributed by atoms with Gasteiger partial charge in [-0.1, -0.05) is 53.7 Å². The molecule has 0 spiro atoms. The number of methoxy groups -OCH3 is 1. The molecule has 0 bridgehead atoms. The number of nitrogens with zero attached hydrogens (tertiary/aromatic N) is 3. The molecule has 0 saturated carbocycles. The van der Waals surface area contributed by atoms with Crippen molar-refractivity contribution in [3.8, 4) is 5.75 Å². The summed E-state index contributed by atoms with van der Waals surface area (Å²) in [7, 11) is 1.60. The minimum Gasteiger partial charge on any atom is -0.497 e. The van der Waals surface area contributed by atoms with Gasteiger partial charge in [0.2, 0.25) is 5.16 Å². The van der Waals surface area contributed by atoms with Gasteiger partial charge in [-0.3, -0.25) is 4.79 Å². The third-order valence-electron chi connectivity index (χ3n) is 3.77. The second-order valence-corrected chi connectivity index (χ2v) is 6.86. The van der Waals surface area contributed by atoms with E-state index in [1.54, 1.807) is 7.11 Å². The van der Waals surface area contributed by atoms with Crippen molar-refractivity contribution >= 4 is 23.4 Å². The number of rotatable bonds is 6. The quantitative estimate of drug-likeness (QED) is 0.516. The molecule has 2 aromatic carbocycles. The number of hydrogen-bond acceptors (Lipinski definition) is 6. The molecule has 134 valence electrons. The van der Waals surface area contributed by atoms with Crippen LogP contribution < -0.4 is 16.1 Å². The van der Waals surface area contributed by atoms with Crippen LogP contribution in [0.3, 0.4) is 0 Å². The van der Waals surface area contributed by atoms with E-state index in [1.165, 1.54) is 11.8 Å². The lowest BCUT2D eigenvalue weighted by Crippen LogP contribution is -2.33. The topological polar surface area (TPSA) is 83.0 Å². The van der Waals surface area contributed by atoms with E-state index in [4.69, 9.17) is 22.2 Å². The van der Waals surface area contributed by atoms with Crippen molar-refractivity contribution in [2.75, 3.05) is 13.0 Å². The lowest BCUT2D eigenvalue weighted by Gasteiger charge is -2.08. The summed E-state index contributed by atoms with van der Waals surface area (Å²) >= 11 is 7.45. The van der Waals surface area contributed by atoms with Crippen molar-refractivity contribution in [2.24, 2.45) is 0 Å². The van der Waals surface area contributed by atoms with Gasteiger partial charge in [0.1, 0.15) is 11.4 Å². The van der Waals surface area contributed by atoms with Crippen LogP contribution in [0, 0.1) is 0 Å². The molecule has 0 amide bonds. The van der Waals surface area contributed by atoms with E-state index < -0.39 is 0 Å². The number of halogens is 1. The summed E-state index contributed by atoms with van der Waals surface area (Å²) in [6.45, 7) is 0. The first-order chi connectivity index (χ1) is 12.6. The Hall–Kier alpha value is -2.51. The fourth-order valence-corrected chi connectivity index (χ4v) is 3.46. The van der Waals surface area contributed by atoms with Gasteiger partial charge < -0.3 is 10.6 Å². The number of benzene rings is 2. The van der Waals surface area contributed by atoms with E-state index in [1.807, 2.05) is 48.5 Å². The zero-order valence-corrected chi connectivity index (χ0v) is 15.6. The third-order valence-corrected chi connectivity index (χ3v) is 5.13. The highest BCUT2D eigenvalue weighted by molar-refractivity contribution is 7.98. The minimum absolute atomic E-state index is 0.291. The summed E-state index contributed by atoms with van der Waals surface area (Å²) in [5.74, 6) is 7.21. The fraction of sp³-hybridized carbons (Fsp3) is 0.167. The van der Waals surface area contributed by atoms with Crippen molar-refractivity contribution in [1.29, 1.82) is 0 Å². The Bertz CT molecular complexity index is 960. The molecule has 0 aliphatic carbocycles. The van der Waals surface area contributed by atoms with Crippen LogP contribution in [-0.2, 0) is 12.2 Å². The predicted octanol–water partition coefficient (Wildman–Crippen LogP) is 2.90. The summed E-state index contributed by atoms with van der Waals surface area (Å²) < 4.78 is 6.16. The smallest absolute Gasteiger partial charge is 0.294 e. The molecule has 0 fully saturated rings. The second-order valence-electron chi connectivity index (χ2n) is 5.51. The van der Waals surface area contributed by atoms with Crippen LogP contribution in [0.2, 0.25) is 5.02 Å². The first kappa shape index (κ1) is 18.3. The van der Waals surface area contributed by atoms with Gasteiger partial charge >= 0.3 is 0 Å². The van der Waals surface area contributed by atoms with E-state index in [0.717, 1.165) is 21.6 Å². The maximum atomic E-state index is 12.5. The molecule has 0 aliphatic heterocycles. The lowest BCUT2D eigenvalue weighted by atomic mass is 10.1. The number of hydrogen-bond donors (Lipinski definition) is 1. The average molecular weight is 389 g/mol. The normalized spacial score (nSPS) is 10.7. The highest BCUT2D eigenvalue weighted by atomic mass is 35.5. The van der Waals surface area contributed by atoms with Gasteiger partial charge in [0.05, 0.1) is 7.11 Å². The molecule has 0 atom stereocenters. The number of aromatic nitrogens is 3. The molecule has 0 aliphatic rings. The molecular formula is C18H17ClN4O2S. The van der Waals surface area contributed by atoms with Crippen LogP contribution in [0.5, 0.6) is 5.75 Å². The maximum Gasteiger partial charge on any atom is 0.294 e. The third kappa shape index (κ3) is 4.17. The van der Waals surface area contributed by atoms with Crippen molar-refractivity contribution in [3.63, 3.8) is 0 Å². The Morgan fingerprint density at radius 3 is 2.58 bits per heavy atom. The molecule has 2 N–H and O–H groups in total. The monoisotopic (exact) mass is 388 g/mol. The molecule has 26 heavy (non-hydrogen) atoms. The van der Waals surface area contributed by atoms with E-state index in [2.05, 4.69) is 10.2 Å². The van der Waals surface area contributed by atoms with E-state index in [0.29, 0.717) is 28.0 Å². The lowest BCUT2D eigenvalue weighted by molar-refractivity contribution is 0.414. The van der Waals surface area contributed by atoms with E-state index in [-0.39, 0.29) is 5.56 Å². The molecule has 0 radical (unpaired) electrons. The van der Waals surface area contributed by atoms with Crippen molar-refractivity contribution in [2.45, 2.75) is 17.3 Å². The average Bonchev–Trinajstić information content (AvgIpc) is 2.66. The Morgan fingerprint density at radius 1 is 1.15 bits per heavy atom. The SMILES string of the molecule is COc1ccc(Cc2nnc(SCc3ccccc3Cl)n(N)c2=O)cc1. The van der Waals surface area contributed by atoms with Gasteiger partial charge in [-0.05, 0) is 29.3 Å². The fourth-order valence-electron chi connectivity index (χ4n) is 2.32. The van der Waals surface area contributed by atoms with Gasteiger partial charge in [-0.25, -0.2) is 0 Å². The Morgan fingerprint density at radius 2 is 1.88 bits per heavy atom. The molecule has 1 aromatic heterocycles. The van der Waals surface area contributed by atoms with Gasteiger partial charge in [-0.15, -0.1) is 10.2 Å². The first-order valence-electron chi connectivity index (χ1n) is 7.81. The molecule has 1 heterocycles. The zero-order valence-electron chi connectivity index (χ0n) is 14.1. The van der Waals surface area contributed by atoms with Gasteiger partial charge in [0.25, 0.3) is 5.56 Å². The van der Waals surface area contributed by atoms with E-state index in [9.17, 15) is 4.79 Å². The Labute approximate surface area is 159 Å². The molecule has 3 aromatic rings. The molecule has 0 saturated heterocycles. The maximum absolute atomic E-state index is 12.5. The van der Waals surface area contributed by atoms with Crippen LogP contribution in [0.1, 0.15) is 16.8 Å². The Kier molecular flexibility index (Phi) is 5.80. The molecular weight excluding hydrogens is 372 g/mol. The number of thioether (sulfide) groups is 1. The molecule has 3 rings (SSSR count). The van der Waals surface area contributed by atoms with Crippen molar-refractivity contribution < 1.29 is 4.74 Å². The summed E-state index contributed by atoms with van der Waals surface area (Å²) in [6, 6.07) is 14.9. The number of nitrogen functional groups attached to an aromatic ring is 1. The van der Waals surface area contributed by atoms with Crippen molar-refractivity contribution in [1.82, 2.24) is 14.9 Å². The summed E-state index contributed by atoms with van der Waals surface area (Å²) in [5.41, 5.74) is 1.79. The van der Waals surface area contributed by atoms with Crippen LogP contribution in [0.15, 0.2) is 58.5 Å². The van der Waals surface area contributed by atoms with Gasteiger partial charge in [0, 0.05) is 17.2 Å². The summed E-state index contributed by atoms with van der Waals surface area (Å²) in [5, 5.41) is 9.16. The molecule has 0 unspecified atom stereocenters. The van der Waals surface area contributed by atoms with Crippen LogP contribution in [0.25, 0.3) is 0 Å². The zero-order chi connectivity index (χ0) is 18.5. The van der Waals surface area contributed by atoms with Gasteiger partial charge in [-0.2, -0.15) is 4.68 Å². The van der Waals surface area contributed by atoms with Crippen molar-refractivity contribution in [3.05, 3.63) is 80.7 Å². The van der Waals surface area contributed by atoms with Crippen LogP contribution >= 0.6 is 23.4 Å². The minimum atomic E-state index is -0.363. The second kappa shape index (κ2) is 8.25. The largest absolute Gasteiger partial charge is 0.497 e. The molecule has 6 nitrogen and oxygen atoms in total. The van der Waals surface area contributed by atoms with Gasteiger partial charge in [0.15, 0.2) is 0 Å². The predicted molar refractivity (Wildman–Crippen MR) is 103 cm³/mol. The molecule has 8 heteroatoms. The highest BCUT2D eigenvalue weighted by Gasteiger charge is 2.12. The number of ether oxygens (including phenoxy) is 1. The van der Waals surface area contributed by atoms with Crippen LogP contribution in [0.4, 0.5) is 0 Å². The summed E-state index contributed by atoms with van der Waals surface area (Å²) in [6.07, 6.45) is 0.350. The summed E-state index contributed by atoms with van der Waals surface area (Å²) in [4.78, 5) is 12.5. The van der Waals surface area contributed by atoms with Crippen LogP contribution in [-0.4, -0.2) is 22.0 Å². The first-order valence-corrected chi connectivity index (χ1v) is 9.17. The number of nitrogens with two attached hydrogens (primary N) is 1. The standard InChI is InChI=1S/C18H17ClN4O2S/c1-25-14-8-6-12(7-9-14)10-16-17(24)23(20)18(22-21-16)26-11-13-4-2-3-5-15(13)19/h2-9H,10-11,20H2,1H3. The Balaban J connectivity index is 1.75.